The molecule has 0 unspecified atom stereocenters. The third kappa shape index (κ3) is 6.86. The summed E-state index contributed by atoms with van der Waals surface area (Å²) < 4.78 is 29.1. The molecular weight excluding hydrogens is 576 g/mol. The highest BCUT2D eigenvalue weighted by Gasteiger charge is 2.34. The predicted octanol–water partition coefficient (Wildman–Crippen LogP) is 3.45. The Hall–Kier alpha value is -4.71. The van der Waals surface area contributed by atoms with Gasteiger partial charge in [-0.2, -0.15) is 0 Å². The third-order valence-electron chi connectivity index (χ3n) is 6.17. The largest absolute Gasteiger partial charge is 0.490 e. The lowest BCUT2D eigenvalue weighted by Gasteiger charge is -2.25. The standard InChI is InChI=1S/C31H32N2O9S/c1-7-38-24-14-20(10-12-22(24)41-18(5)34)15-26-29(36)33-28(27(30(37)40-9-3)17(4)32-31(33)43-26)21-11-13-23(42-19(6)35)25(16-21)39-8-2/h10-16,28H,7-9H2,1-6H3/b26-15+/t28-/m1/s1. The summed E-state index contributed by atoms with van der Waals surface area (Å²) in [5, 5.41) is 0. The molecule has 0 N–H and O–H groups in total. The molecule has 12 heteroatoms. The Balaban J connectivity index is 1.91. The Morgan fingerprint density at radius 1 is 0.884 bits per heavy atom. The maximum Gasteiger partial charge on any atom is 0.338 e. The van der Waals surface area contributed by atoms with Gasteiger partial charge in [-0.15, -0.1) is 0 Å². The topological polar surface area (TPSA) is 132 Å². The van der Waals surface area contributed by atoms with Crippen LogP contribution in [0, 0.1) is 0 Å². The Morgan fingerprint density at radius 3 is 2.07 bits per heavy atom. The molecule has 0 saturated carbocycles. The summed E-state index contributed by atoms with van der Waals surface area (Å²) in [5.74, 6) is -0.481. The SMILES string of the molecule is CCOC(=O)C1=C(C)N=c2s/c(=C/c3ccc(OC(C)=O)c(OCC)c3)c(=O)n2[C@@H]1c1ccc(OC(C)=O)c(OCC)c1. The van der Waals surface area contributed by atoms with Crippen LogP contribution < -0.4 is 33.8 Å². The number of rotatable bonds is 10. The maximum absolute atomic E-state index is 14.0. The van der Waals surface area contributed by atoms with Crippen LogP contribution >= 0.6 is 11.3 Å². The number of thiazole rings is 1. The zero-order chi connectivity index (χ0) is 31.3. The van der Waals surface area contributed by atoms with Crippen molar-refractivity contribution in [1.29, 1.82) is 0 Å². The normalized spacial score (nSPS) is 14.5. The molecule has 1 aliphatic rings. The first kappa shape index (κ1) is 31.2. The van der Waals surface area contributed by atoms with Crippen molar-refractivity contribution >= 4 is 35.3 Å². The first-order valence-corrected chi connectivity index (χ1v) is 14.5. The molecule has 43 heavy (non-hydrogen) atoms. The Labute approximate surface area is 251 Å². The first-order chi connectivity index (χ1) is 20.6. The van der Waals surface area contributed by atoms with Gasteiger partial charge in [-0.25, -0.2) is 9.79 Å². The van der Waals surface area contributed by atoms with Crippen molar-refractivity contribution in [2.24, 2.45) is 4.99 Å². The molecule has 2 heterocycles. The van der Waals surface area contributed by atoms with Crippen LogP contribution in [0.1, 0.15) is 58.7 Å². The van der Waals surface area contributed by atoms with E-state index in [-0.39, 0.29) is 35.0 Å². The first-order valence-electron chi connectivity index (χ1n) is 13.7. The van der Waals surface area contributed by atoms with Crippen LogP contribution in [0.2, 0.25) is 0 Å². The fourth-order valence-corrected chi connectivity index (χ4v) is 5.63. The molecule has 0 aliphatic carbocycles. The lowest BCUT2D eigenvalue weighted by atomic mass is 9.95. The van der Waals surface area contributed by atoms with Crippen molar-refractivity contribution in [3.05, 3.63) is 78.5 Å². The Kier molecular flexibility index (Phi) is 9.81. The van der Waals surface area contributed by atoms with Crippen LogP contribution in [-0.2, 0) is 19.1 Å². The van der Waals surface area contributed by atoms with Crippen LogP contribution in [-0.4, -0.2) is 42.3 Å². The van der Waals surface area contributed by atoms with Gasteiger partial charge < -0.3 is 23.7 Å². The van der Waals surface area contributed by atoms with Crippen molar-refractivity contribution in [3.8, 4) is 23.0 Å². The van der Waals surface area contributed by atoms with Crippen LogP contribution in [0.5, 0.6) is 23.0 Å². The number of hydrogen-bond acceptors (Lipinski definition) is 11. The highest BCUT2D eigenvalue weighted by Crippen LogP contribution is 2.36. The van der Waals surface area contributed by atoms with E-state index >= 15 is 0 Å². The second kappa shape index (κ2) is 13.5. The van der Waals surface area contributed by atoms with Crippen LogP contribution in [0.3, 0.4) is 0 Å². The second-order valence-corrected chi connectivity index (χ2v) is 10.3. The number of esters is 3. The van der Waals surface area contributed by atoms with E-state index in [0.29, 0.717) is 45.1 Å². The molecule has 0 amide bonds. The van der Waals surface area contributed by atoms with E-state index in [4.69, 9.17) is 23.7 Å². The summed E-state index contributed by atoms with van der Waals surface area (Å²) >= 11 is 1.16. The molecule has 4 rings (SSSR count). The number of ether oxygens (including phenoxy) is 5. The van der Waals surface area contributed by atoms with E-state index in [1.165, 1.54) is 18.4 Å². The zero-order valence-electron chi connectivity index (χ0n) is 24.7. The smallest absolute Gasteiger partial charge is 0.338 e. The number of allylic oxidation sites excluding steroid dienone is 1. The number of aromatic nitrogens is 1. The molecular formula is C31H32N2O9S. The Morgan fingerprint density at radius 2 is 1.49 bits per heavy atom. The van der Waals surface area contributed by atoms with Crippen molar-refractivity contribution in [2.45, 2.75) is 47.6 Å². The highest BCUT2D eigenvalue weighted by molar-refractivity contribution is 7.07. The van der Waals surface area contributed by atoms with Crippen molar-refractivity contribution < 1.29 is 38.1 Å². The average Bonchev–Trinajstić information content (AvgIpc) is 3.24. The molecule has 0 spiro atoms. The van der Waals surface area contributed by atoms with Gasteiger partial charge in [-0.3, -0.25) is 19.0 Å². The fourth-order valence-electron chi connectivity index (χ4n) is 4.58. The van der Waals surface area contributed by atoms with Gasteiger partial charge in [0.05, 0.1) is 41.7 Å². The summed E-state index contributed by atoms with van der Waals surface area (Å²) in [6.07, 6.45) is 1.68. The second-order valence-electron chi connectivity index (χ2n) is 9.27. The minimum absolute atomic E-state index is 0.133. The average molecular weight is 609 g/mol. The number of nitrogens with zero attached hydrogens (tertiary/aromatic N) is 2. The summed E-state index contributed by atoms with van der Waals surface area (Å²) in [7, 11) is 0. The van der Waals surface area contributed by atoms with Gasteiger partial charge in [0.25, 0.3) is 5.56 Å². The molecule has 3 aromatic rings. The summed E-state index contributed by atoms with van der Waals surface area (Å²) in [6.45, 7) is 10.3. The number of carbonyl (C=O) groups excluding carboxylic acids is 3. The van der Waals surface area contributed by atoms with E-state index in [0.717, 1.165) is 11.3 Å². The lowest BCUT2D eigenvalue weighted by Crippen LogP contribution is -2.40. The van der Waals surface area contributed by atoms with E-state index in [9.17, 15) is 19.2 Å². The molecule has 11 nitrogen and oxygen atoms in total. The third-order valence-corrected chi connectivity index (χ3v) is 7.16. The number of carbonyl (C=O) groups is 3. The van der Waals surface area contributed by atoms with E-state index in [2.05, 4.69) is 4.99 Å². The van der Waals surface area contributed by atoms with E-state index < -0.39 is 23.9 Å². The minimum Gasteiger partial charge on any atom is -0.490 e. The van der Waals surface area contributed by atoms with Gasteiger partial charge in [0.15, 0.2) is 27.8 Å². The minimum atomic E-state index is -0.895. The van der Waals surface area contributed by atoms with E-state index in [1.807, 2.05) is 6.92 Å². The van der Waals surface area contributed by atoms with E-state index in [1.54, 1.807) is 63.2 Å². The highest BCUT2D eigenvalue weighted by atomic mass is 32.1. The summed E-state index contributed by atoms with van der Waals surface area (Å²) in [4.78, 5) is 55.4. The Bertz CT molecular complexity index is 1790. The molecule has 0 saturated heterocycles. The van der Waals surface area contributed by atoms with Crippen molar-refractivity contribution in [2.75, 3.05) is 19.8 Å². The van der Waals surface area contributed by atoms with Crippen LogP contribution in [0.4, 0.5) is 0 Å². The molecule has 0 bridgehead atoms. The number of fused-ring (bicyclic) bond motifs is 1. The molecule has 1 aromatic heterocycles. The molecule has 1 aliphatic heterocycles. The van der Waals surface area contributed by atoms with Gasteiger partial charge in [-0.1, -0.05) is 23.5 Å². The summed E-state index contributed by atoms with van der Waals surface area (Å²) in [6, 6.07) is 8.96. The fraction of sp³-hybridized carbons (Fsp3) is 0.323. The van der Waals surface area contributed by atoms with Gasteiger partial charge in [0.1, 0.15) is 0 Å². The van der Waals surface area contributed by atoms with Crippen molar-refractivity contribution in [1.82, 2.24) is 4.57 Å². The molecule has 0 fully saturated rings. The molecule has 2 aromatic carbocycles. The van der Waals surface area contributed by atoms with Gasteiger partial charge in [-0.05, 0) is 69.2 Å². The monoisotopic (exact) mass is 608 g/mol. The van der Waals surface area contributed by atoms with Gasteiger partial charge in [0, 0.05) is 13.8 Å². The van der Waals surface area contributed by atoms with Gasteiger partial charge in [0.2, 0.25) is 0 Å². The zero-order valence-corrected chi connectivity index (χ0v) is 25.5. The van der Waals surface area contributed by atoms with Gasteiger partial charge >= 0.3 is 17.9 Å². The molecule has 1 atom stereocenters. The lowest BCUT2D eigenvalue weighted by molar-refractivity contribution is -0.139. The molecule has 226 valence electrons. The number of hydrogen-bond donors (Lipinski definition) is 0. The van der Waals surface area contributed by atoms with Crippen LogP contribution in [0.25, 0.3) is 6.08 Å². The van der Waals surface area contributed by atoms with Crippen molar-refractivity contribution in [3.63, 3.8) is 0 Å². The predicted molar refractivity (Wildman–Crippen MR) is 158 cm³/mol. The quantitative estimate of drug-likeness (QED) is 0.251. The summed E-state index contributed by atoms with van der Waals surface area (Å²) in [5.41, 5.74) is 1.39. The van der Waals surface area contributed by atoms with Crippen LogP contribution in [0.15, 0.2) is 57.5 Å². The molecule has 0 radical (unpaired) electrons. The maximum atomic E-state index is 14.0. The number of benzene rings is 2.